The van der Waals surface area contributed by atoms with Gasteiger partial charge < -0.3 is 10.7 Å². The zero-order valence-electron chi connectivity index (χ0n) is 9.12. The van der Waals surface area contributed by atoms with E-state index in [2.05, 4.69) is 32.0 Å². The quantitative estimate of drug-likeness (QED) is 0.715. The van der Waals surface area contributed by atoms with Crippen LogP contribution in [-0.2, 0) is 0 Å². The third kappa shape index (κ3) is 1.75. The van der Waals surface area contributed by atoms with Gasteiger partial charge in [0.25, 0.3) is 0 Å². The lowest BCUT2D eigenvalue weighted by atomic mass is 10.1. The number of nitrogens with two attached hydrogens (primary N) is 1. The maximum Gasteiger partial charge on any atom is 0.180 e. The SMILES string of the molecule is Cc1sc(N)nc1-c1c[nH]c2ccc(Br)cc12. The minimum Gasteiger partial charge on any atom is -0.375 e. The standard InChI is InChI=1S/C12H10BrN3S/c1-6-11(16-12(14)17-6)9-5-15-10-3-2-7(13)4-8(9)10/h2-5,15H,1H3,(H2,14,16). The van der Waals surface area contributed by atoms with Gasteiger partial charge in [-0.1, -0.05) is 15.9 Å². The number of rotatable bonds is 1. The molecule has 3 nitrogen and oxygen atoms in total. The van der Waals surface area contributed by atoms with Gasteiger partial charge in [0.05, 0.1) is 5.69 Å². The highest BCUT2D eigenvalue weighted by atomic mass is 79.9. The molecule has 3 N–H and O–H groups in total. The van der Waals surface area contributed by atoms with E-state index in [1.165, 1.54) is 11.3 Å². The maximum absolute atomic E-state index is 5.75. The summed E-state index contributed by atoms with van der Waals surface area (Å²) >= 11 is 5.01. The minimum absolute atomic E-state index is 0.613. The normalized spacial score (nSPS) is 11.2. The molecule has 2 heterocycles. The molecule has 5 heteroatoms. The Kier molecular flexibility index (Phi) is 2.45. The Morgan fingerprint density at radius 3 is 2.94 bits per heavy atom. The number of hydrogen-bond acceptors (Lipinski definition) is 3. The molecule has 0 saturated heterocycles. The molecule has 0 fully saturated rings. The topological polar surface area (TPSA) is 54.7 Å². The predicted octanol–water partition coefficient (Wildman–Crippen LogP) is 3.94. The molecule has 2 aromatic heterocycles. The number of aromatic amines is 1. The summed E-state index contributed by atoms with van der Waals surface area (Å²) in [4.78, 5) is 8.79. The van der Waals surface area contributed by atoms with Crippen LogP contribution in [0.15, 0.2) is 28.9 Å². The van der Waals surface area contributed by atoms with E-state index >= 15 is 0 Å². The van der Waals surface area contributed by atoms with Crippen LogP contribution >= 0.6 is 27.3 Å². The van der Waals surface area contributed by atoms with E-state index in [1.807, 2.05) is 25.3 Å². The van der Waals surface area contributed by atoms with Gasteiger partial charge in [0.1, 0.15) is 0 Å². The van der Waals surface area contributed by atoms with E-state index in [4.69, 9.17) is 5.73 Å². The van der Waals surface area contributed by atoms with Gasteiger partial charge in [0.2, 0.25) is 0 Å². The number of fused-ring (bicyclic) bond motifs is 1. The minimum atomic E-state index is 0.613. The monoisotopic (exact) mass is 307 g/mol. The summed E-state index contributed by atoms with van der Waals surface area (Å²) in [6.07, 6.45) is 1.98. The number of nitrogen functional groups attached to an aromatic ring is 1. The lowest BCUT2D eigenvalue weighted by Crippen LogP contribution is -1.82. The summed E-state index contributed by atoms with van der Waals surface area (Å²) in [5, 5.41) is 1.77. The molecule has 0 saturated carbocycles. The second-order valence-electron chi connectivity index (χ2n) is 3.85. The van der Waals surface area contributed by atoms with Crippen molar-refractivity contribution in [2.24, 2.45) is 0 Å². The number of hydrogen-bond donors (Lipinski definition) is 2. The van der Waals surface area contributed by atoms with Gasteiger partial charge in [0.15, 0.2) is 5.13 Å². The van der Waals surface area contributed by atoms with Crippen molar-refractivity contribution in [2.75, 3.05) is 5.73 Å². The second-order valence-corrected chi connectivity index (χ2v) is 6.00. The van der Waals surface area contributed by atoms with Crippen LogP contribution < -0.4 is 5.73 Å². The lowest BCUT2D eigenvalue weighted by molar-refractivity contribution is 1.38. The molecule has 0 aliphatic heterocycles. The number of halogens is 1. The van der Waals surface area contributed by atoms with Gasteiger partial charge in [-0.25, -0.2) is 4.98 Å². The Bertz CT molecular complexity index is 699. The molecule has 0 spiro atoms. The molecule has 3 aromatic rings. The van der Waals surface area contributed by atoms with E-state index < -0.39 is 0 Å². The zero-order valence-corrected chi connectivity index (χ0v) is 11.5. The fourth-order valence-corrected chi connectivity index (χ4v) is 3.02. The van der Waals surface area contributed by atoms with Crippen LogP contribution in [0.2, 0.25) is 0 Å². The highest BCUT2D eigenvalue weighted by molar-refractivity contribution is 9.10. The van der Waals surface area contributed by atoms with Crippen LogP contribution in [0.5, 0.6) is 0 Å². The Balaban J connectivity index is 2.30. The largest absolute Gasteiger partial charge is 0.375 e. The number of aromatic nitrogens is 2. The van der Waals surface area contributed by atoms with Crippen LogP contribution in [0.1, 0.15) is 4.88 Å². The number of aryl methyl sites for hydroxylation is 1. The lowest BCUT2D eigenvalue weighted by Gasteiger charge is -1.97. The average molecular weight is 308 g/mol. The van der Waals surface area contributed by atoms with Crippen LogP contribution in [-0.4, -0.2) is 9.97 Å². The fourth-order valence-electron chi connectivity index (χ4n) is 1.96. The molecule has 1 aromatic carbocycles. The third-order valence-corrected chi connectivity index (χ3v) is 4.01. The van der Waals surface area contributed by atoms with Crippen LogP contribution in [0.3, 0.4) is 0 Å². The zero-order chi connectivity index (χ0) is 12.0. The summed E-state index contributed by atoms with van der Waals surface area (Å²) < 4.78 is 1.06. The molecule has 0 aliphatic carbocycles. The van der Waals surface area contributed by atoms with Gasteiger partial charge >= 0.3 is 0 Å². The van der Waals surface area contributed by atoms with Gasteiger partial charge in [0, 0.05) is 32.0 Å². The number of anilines is 1. The second kappa shape index (κ2) is 3.85. The average Bonchev–Trinajstić information content (AvgIpc) is 2.81. The summed E-state index contributed by atoms with van der Waals surface area (Å²) in [5.41, 5.74) is 8.93. The number of benzene rings is 1. The maximum atomic E-state index is 5.75. The Morgan fingerprint density at radius 2 is 2.24 bits per heavy atom. The van der Waals surface area contributed by atoms with E-state index in [0.717, 1.165) is 31.5 Å². The summed E-state index contributed by atoms with van der Waals surface area (Å²) in [6, 6.07) is 6.16. The third-order valence-electron chi connectivity index (χ3n) is 2.71. The van der Waals surface area contributed by atoms with Crippen molar-refractivity contribution in [3.63, 3.8) is 0 Å². The van der Waals surface area contributed by atoms with Crippen molar-refractivity contribution in [3.8, 4) is 11.3 Å². The first kappa shape index (κ1) is 10.8. The van der Waals surface area contributed by atoms with Crippen LogP contribution in [0, 0.1) is 6.92 Å². The molecule has 0 radical (unpaired) electrons. The highest BCUT2D eigenvalue weighted by Gasteiger charge is 2.12. The van der Waals surface area contributed by atoms with E-state index in [9.17, 15) is 0 Å². The molecule has 0 bridgehead atoms. The molecule has 0 unspecified atom stereocenters. The van der Waals surface area contributed by atoms with Gasteiger partial charge in [-0.05, 0) is 25.1 Å². The van der Waals surface area contributed by atoms with Crippen molar-refractivity contribution in [3.05, 3.63) is 33.7 Å². The molecule has 86 valence electrons. The number of thiazole rings is 1. The van der Waals surface area contributed by atoms with Gasteiger partial charge in [-0.2, -0.15) is 0 Å². The molecular formula is C12H10BrN3S. The Morgan fingerprint density at radius 1 is 1.41 bits per heavy atom. The van der Waals surface area contributed by atoms with Crippen molar-refractivity contribution in [1.82, 2.24) is 9.97 Å². The van der Waals surface area contributed by atoms with Crippen molar-refractivity contribution < 1.29 is 0 Å². The van der Waals surface area contributed by atoms with Crippen molar-refractivity contribution in [2.45, 2.75) is 6.92 Å². The highest BCUT2D eigenvalue weighted by Crippen LogP contribution is 2.34. The summed E-state index contributed by atoms with van der Waals surface area (Å²) in [7, 11) is 0. The number of H-pyrrole nitrogens is 1. The fraction of sp³-hybridized carbons (Fsp3) is 0.0833. The summed E-state index contributed by atoms with van der Waals surface area (Å²) in [5.74, 6) is 0. The van der Waals surface area contributed by atoms with Crippen molar-refractivity contribution in [1.29, 1.82) is 0 Å². The number of nitrogens with one attached hydrogen (secondary N) is 1. The van der Waals surface area contributed by atoms with Gasteiger partial charge in [-0.15, -0.1) is 11.3 Å². The van der Waals surface area contributed by atoms with E-state index in [1.54, 1.807) is 0 Å². The van der Waals surface area contributed by atoms with Crippen LogP contribution in [0.4, 0.5) is 5.13 Å². The first-order valence-electron chi connectivity index (χ1n) is 5.15. The van der Waals surface area contributed by atoms with E-state index in [-0.39, 0.29) is 0 Å². The smallest absolute Gasteiger partial charge is 0.180 e. The molecular weight excluding hydrogens is 298 g/mol. The molecule has 0 amide bonds. The summed E-state index contributed by atoms with van der Waals surface area (Å²) in [6.45, 7) is 2.04. The molecule has 0 atom stereocenters. The molecule has 3 rings (SSSR count). The molecule has 17 heavy (non-hydrogen) atoms. The molecule has 0 aliphatic rings. The van der Waals surface area contributed by atoms with Gasteiger partial charge in [-0.3, -0.25) is 0 Å². The first-order chi connectivity index (χ1) is 8.15. The Hall–Kier alpha value is -1.33. The first-order valence-corrected chi connectivity index (χ1v) is 6.76. The van der Waals surface area contributed by atoms with Crippen LogP contribution in [0.25, 0.3) is 22.2 Å². The predicted molar refractivity (Wildman–Crippen MR) is 76.3 cm³/mol. The number of nitrogens with zero attached hydrogens (tertiary/aromatic N) is 1. The van der Waals surface area contributed by atoms with E-state index in [0.29, 0.717) is 5.13 Å². The van der Waals surface area contributed by atoms with Crippen molar-refractivity contribution >= 4 is 43.3 Å². The Labute approximate surface area is 111 Å².